The van der Waals surface area contributed by atoms with Crippen molar-refractivity contribution in [1.29, 1.82) is 0 Å². The van der Waals surface area contributed by atoms with Gasteiger partial charge in [0.1, 0.15) is 5.82 Å². The fourth-order valence-corrected chi connectivity index (χ4v) is 5.77. The van der Waals surface area contributed by atoms with Gasteiger partial charge >= 0.3 is 0 Å². The lowest BCUT2D eigenvalue weighted by molar-refractivity contribution is 0.102. The molecule has 0 aromatic heterocycles. The zero-order valence-electron chi connectivity index (χ0n) is 14.7. The van der Waals surface area contributed by atoms with Gasteiger partial charge in [0, 0.05) is 35.8 Å². The number of anilines is 1. The van der Waals surface area contributed by atoms with Crippen molar-refractivity contribution in [3.8, 4) is 0 Å². The van der Waals surface area contributed by atoms with Crippen molar-refractivity contribution in [2.24, 2.45) is 0 Å². The van der Waals surface area contributed by atoms with Gasteiger partial charge in [0.05, 0.1) is 16.5 Å². The molecule has 2 aromatic rings. The van der Waals surface area contributed by atoms with Gasteiger partial charge in [-0.1, -0.05) is 17.7 Å². The Balaban J connectivity index is 1.91. The first kappa shape index (κ1) is 21.1. The molecule has 1 saturated heterocycles. The van der Waals surface area contributed by atoms with Crippen molar-refractivity contribution in [2.75, 3.05) is 29.9 Å². The van der Waals surface area contributed by atoms with Gasteiger partial charge in [0.15, 0.2) is 0 Å². The summed E-state index contributed by atoms with van der Waals surface area (Å²) in [7, 11) is -3.84. The van der Waals surface area contributed by atoms with Crippen molar-refractivity contribution >= 4 is 45.0 Å². The third-order valence-electron chi connectivity index (χ3n) is 4.27. The Kier molecular flexibility index (Phi) is 6.61. The molecule has 0 atom stereocenters. The number of sulfonamides is 1. The second-order valence-corrected chi connectivity index (χ2v) is 9.62. The molecule has 2 N–H and O–H groups in total. The Hall–Kier alpha value is -1.65. The SMILES string of the molecule is O=C(Nc1ccc(F)c(Cl)c1)c1ccc(CO)c(S(=O)(=O)N2CCSCC2)c1. The number of amides is 1. The number of thioether (sulfide) groups is 1. The number of carbonyl (C=O) groups excluding carboxylic acids is 1. The first-order valence-electron chi connectivity index (χ1n) is 8.41. The molecular weight excluding hydrogens is 427 g/mol. The van der Waals surface area contributed by atoms with Gasteiger partial charge in [-0.15, -0.1) is 0 Å². The highest BCUT2D eigenvalue weighted by molar-refractivity contribution is 7.99. The maximum Gasteiger partial charge on any atom is 0.255 e. The van der Waals surface area contributed by atoms with Gasteiger partial charge in [-0.05, 0) is 35.9 Å². The number of halogens is 2. The lowest BCUT2D eigenvalue weighted by Crippen LogP contribution is -2.38. The Morgan fingerprint density at radius 3 is 2.57 bits per heavy atom. The number of carbonyl (C=O) groups is 1. The lowest BCUT2D eigenvalue weighted by atomic mass is 10.1. The summed E-state index contributed by atoms with van der Waals surface area (Å²) in [6.45, 7) is 0.289. The number of rotatable bonds is 5. The van der Waals surface area contributed by atoms with E-state index in [1.54, 1.807) is 11.8 Å². The Morgan fingerprint density at radius 2 is 1.93 bits per heavy atom. The summed E-state index contributed by atoms with van der Waals surface area (Å²) < 4.78 is 40.6. The van der Waals surface area contributed by atoms with Crippen LogP contribution in [-0.2, 0) is 16.6 Å². The van der Waals surface area contributed by atoms with Gasteiger partial charge < -0.3 is 10.4 Å². The summed E-state index contributed by atoms with van der Waals surface area (Å²) in [6.07, 6.45) is 0. The van der Waals surface area contributed by atoms with Crippen LogP contribution in [0, 0.1) is 5.82 Å². The normalized spacial score (nSPS) is 15.4. The van der Waals surface area contributed by atoms with Crippen LogP contribution < -0.4 is 5.32 Å². The highest BCUT2D eigenvalue weighted by Gasteiger charge is 2.29. The van der Waals surface area contributed by atoms with Gasteiger partial charge in [0.2, 0.25) is 10.0 Å². The van der Waals surface area contributed by atoms with Gasteiger partial charge in [-0.3, -0.25) is 4.79 Å². The monoisotopic (exact) mass is 444 g/mol. The molecule has 1 aliphatic rings. The number of aliphatic hydroxyl groups excluding tert-OH is 1. The molecule has 150 valence electrons. The average molecular weight is 445 g/mol. The molecule has 1 heterocycles. The third-order valence-corrected chi connectivity index (χ3v) is 7.48. The average Bonchev–Trinajstić information content (AvgIpc) is 2.71. The molecule has 2 aromatic carbocycles. The summed E-state index contributed by atoms with van der Waals surface area (Å²) >= 11 is 7.39. The Labute approximate surface area is 171 Å². The number of aliphatic hydroxyl groups is 1. The van der Waals surface area contributed by atoms with E-state index in [1.807, 2.05) is 0 Å². The number of benzene rings is 2. The summed E-state index contributed by atoms with van der Waals surface area (Å²) in [4.78, 5) is 12.5. The Morgan fingerprint density at radius 1 is 1.21 bits per heavy atom. The smallest absolute Gasteiger partial charge is 0.255 e. The van der Waals surface area contributed by atoms with Crippen molar-refractivity contribution in [1.82, 2.24) is 4.31 Å². The maximum absolute atomic E-state index is 13.3. The topological polar surface area (TPSA) is 86.7 Å². The zero-order valence-corrected chi connectivity index (χ0v) is 17.1. The first-order valence-corrected chi connectivity index (χ1v) is 11.4. The molecule has 6 nitrogen and oxygen atoms in total. The first-order chi connectivity index (χ1) is 13.3. The standard InChI is InChI=1S/C18H18ClFN2O4S2/c19-15-10-14(3-4-16(15)20)21-18(24)12-1-2-13(11-23)17(9-12)28(25,26)22-5-7-27-8-6-22/h1-4,9-10,23H,5-8,11H2,(H,21,24). The lowest BCUT2D eigenvalue weighted by Gasteiger charge is -2.26. The van der Waals surface area contributed by atoms with Crippen LogP contribution in [0.1, 0.15) is 15.9 Å². The van der Waals surface area contributed by atoms with E-state index in [2.05, 4.69) is 5.32 Å². The summed E-state index contributed by atoms with van der Waals surface area (Å²) in [5, 5.41) is 12.0. The number of nitrogens with one attached hydrogen (secondary N) is 1. The van der Waals surface area contributed by atoms with Crippen LogP contribution in [0.3, 0.4) is 0 Å². The van der Waals surface area contributed by atoms with Crippen LogP contribution in [-0.4, -0.2) is 48.3 Å². The van der Waals surface area contributed by atoms with Crippen molar-refractivity contribution < 1.29 is 22.7 Å². The molecule has 0 aliphatic carbocycles. The van der Waals surface area contributed by atoms with Crippen LogP contribution in [0.25, 0.3) is 0 Å². The highest BCUT2D eigenvalue weighted by atomic mass is 35.5. The quantitative estimate of drug-likeness (QED) is 0.740. The number of hydrogen-bond donors (Lipinski definition) is 2. The maximum atomic E-state index is 13.3. The van der Waals surface area contributed by atoms with Crippen LogP contribution in [0.4, 0.5) is 10.1 Å². The molecule has 1 amide bonds. The molecule has 1 fully saturated rings. The molecule has 28 heavy (non-hydrogen) atoms. The Bertz CT molecular complexity index is 995. The van der Waals surface area contributed by atoms with E-state index in [1.165, 1.54) is 34.6 Å². The third kappa shape index (κ3) is 4.49. The van der Waals surface area contributed by atoms with E-state index in [4.69, 9.17) is 11.6 Å². The second-order valence-electron chi connectivity index (χ2n) is 6.08. The van der Waals surface area contributed by atoms with Crippen LogP contribution >= 0.6 is 23.4 Å². The minimum absolute atomic E-state index is 0.0910. The van der Waals surface area contributed by atoms with E-state index in [0.717, 1.165) is 6.07 Å². The van der Waals surface area contributed by atoms with E-state index in [9.17, 15) is 22.7 Å². The molecule has 0 radical (unpaired) electrons. The van der Waals surface area contributed by atoms with Crippen molar-refractivity contribution in [3.05, 3.63) is 58.4 Å². The van der Waals surface area contributed by atoms with Crippen molar-refractivity contribution in [2.45, 2.75) is 11.5 Å². The largest absolute Gasteiger partial charge is 0.392 e. The number of nitrogens with zero attached hydrogens (tertiary/aromatic N) is 1. The van der Waals surface area contributed by atoms with Crippen LogP contribution in [0.5, 0.6) is 0 Å². The van der Waals surface area contributed by atoms with Gasteiger partial charge in [-0.2, -0.15) is 16.1 Å². The minimum Gasteiger partial charge on any atom is -0.392 e. The van der Waals surface area contributed by atoms with Crippen LogP contribution in [0.2, 0.25) is 5.02 Å². The van der Waals surface area contributed by atoms with Gasteiger partial charge in [0.25, 0.3) is 5.91 Å². The fraction of sp³-hybridized carbons (Fsp3) is 0.278. The van der Waals surface area contributed by atoms with E-state index < -0.39 is 28.4 Å². The highest BCUT2D eigenvalue weighted by Crippen LogP contribution is 2.26. The molecule has 0 saturated carbocycles. The molecule has 10 heteroatoms. The second kappa shape index (κ2) is 8.79. The van der Waals surface area contributed by atoms with E-state index in [-0.39, 0.29) is 26.7 Å². The van der Waals surface area contributed by atoms with Crippen molar-refractivity contribution in [3.63, 3.8) is 0 Å². The predicted octanol–water partition coefficient (Wildman–Crippen LogP) is 2.96. The molecular formula is C18H18ClFN2O4S2. The van der Waals surface area contributed by atoms with E-state index >= 15 is 0 Å². The number of hydrogen-bond acceptors (Lipinski definition) is 5. The molecule has 0 unspecified atom stereocenters. The fourth-order valence-electron chi connectivity index (χ4n) is 2.77. The molecule has 1 aliphatic heterocycles. The summed E-state index contributed by atoms with van der Waals surface area (Å²) in [6, 6.07) is 7.83. The van der Waals surface area contributed by atoms with Crippen LogP contribution in [0.15, 0.2) is 41.3 Å². The summed E-state index contributed by atoms with van der Waals surface area (Å²) in [5.74, 6) is 0.205. The summed E-state index contributed by atoms with van der Waals surface area (Å²) in [5.41, 5.74) is 0.599. The molecule has 0 bridgehead atoms. The zero-order chi connectivity index (χ0) is 20.3. The minimum atomic E-state index is -3.84. The predicted molar refractivity (Wildman–Crippen MR) is 108 cm³/mol. The van der Waals surface area contributed by atoms with E-state index in [0.29, 0.717) is 24.6 Å². The van der Waals surface area contributed by atoms with Gasteiger partial charge in [-0.25, -0.2) is 12.8 Å². The molecule has 0 spiro atoms. The molecule has 3 rings (SSSR count).